The maximum atomic E-state index is 3.37. The smallest absolute Gasteiger partial charge is 0.0633 e. The van der Waals surface area contributed by atoms with Gasteiger partial charge in [0, 0.05) is 0 Å². The van der Waals surface area contributed by atoms with Gasteiger partial charge in [-0.15, -0.1) is 11.8 Å². The molecular weight excluding hydrogens is 214 g/mol. The van der Waals surface area contributed by atoms with Crippen molar-refractivity contribution in [1.29, 1.82) is 0 Å². The fourth-order valence-corrected chi connectivity index (χ4v) is 2.70. The summed E-state index contributed by atoms with van der Waals surface area (Å²) in [5, 5.41) is 6.32. The molecule has 2 atom stereocenters. The Morgan fingerprint density at radius 3 is 1.88 bits per heavy atom. The van der Waals surface area contributed by atoms with E-state index in [9.17, 15) is 0 Å². The highest BCUT2D eigenvalue weighted by molar-refractivity contribution is 8.03. The molecule has 2 unspecified atom stereocenters. The van der Waals surface area contributed by atoms with E-state index in [0.29, 0.717) is 11.3 Å². The normalized spacial score (nSPS) is 24.0. The van der Waals surface area contributed by atoms with Crippen LogP contribution in [0.25, 0.3) is 0 Å². The molecular formula is C14H29NS. The van der Waals surface area contributed by atoms with Crippen molar-refractivity contribution in [2.45, 2.75) is 66.7 Å². The molecule has 16 heavy (non-hydrogen) atoms. The molecule has 0 aromatic rings. The van der Waals surface area contributed by atoms with Crippen LogP contribution in [0, 0.1) is 0 Å². The Morgan fingerprint density at radius 2 is 1.44 bits per heavy atom. The minimum Gasteiger partial charge on any atom is -0.383 e. The Kier molecular flexibility index (Phi) is 12.5. The number of nitrogens with one attached hydrogen (secondary N) is 1. The van der Waals surface area contributed by atoms with Gasteiger partial charge in [0.05, 0.1) is 11.3 Å². The molecule has 2 rings (SSSR count). The van der Waals surface area contributed by atoms with Gasteiger partial charge in [0.15, 0.2) is 0 Å². The second kappa shape index (κ2) is 11.1. The van der Waals surface area contributed by atoms with Gasteiger partial charge in [0.25, 0.3) is 0 Å². The lowest BCUT2D eigenvalue weighted by atomic mass is 10.1. The van der Waals surface area contributed by atoms with Crippen molar-refractivity contribution in [3.05, 3.63) is 22.8 Å². The van der Waals surface area contributed by atoms with Crippen LogP contribution in [0.1, 0.15) is 55.4 Å². The van der Waals surface area contributed by atoms with E-state index >= 15 is 0 Å². The number of hydrogen-bond acceptors (Lipinski definition) is 2. The van der Waals surface area contributed by atoms with Crippen molar-refractivity contribution in [3.8, 4) is 0 Å². The van der Waals surface area contributed by atoms with Crippen LogP contribution in [-0.4, -0.2) is 11.3 Å². The van der Waals surface area contributed by atoms with Crippen LogP contribution in [0.4, 0.5) is 0 Å². The molecule has 0 aromatic heterocycles. The van der Waals surface area contributed by atoms with Crippen LogP contribution in [0.2, 0.25) is 0 Å². The van der Waals surface area contributed by atoms with Gasteiger partial charge < -0.3 is 5.32 Å². The van der Waals surface area contributed by atoms with E-state index in [4.69, 9.17) is 0 Å². The predicted molar refractivity (Wildman–Crippen MR) is 79.9 cm³/mol. The summed E-state index contributed by atoms with van der Waals surface area (Å²) in [4.78, 5) is 0. The molecule has 2 aliphatic rings. The zero-order valence-corrected chi connectivity index (χ0v) is 13.0. The first-order valence-electron chi connectivity index (χ1n) is 6.54. The molecule has 0 aromatic carbocycles. The summed E-state index contributed by atoms with van der Waals surface area (Å²) >= 11 is 1.94. The van der Waals surface area contributed by atoms with Gasteiger partial charge >= 0.3 is 0 Å². The second-order valence-electron chi connectivity index (χ2n) is 2.95. The Balaban J connectivity index is 0. The summed E-state index contributed by atoms with van der Waals surface area (Å²) < 4.78 is 0. The molecule has 0 fully saturated rings. The molecule has 2 heterocycles. The highest BCUT2D eigenvalue weighted by Gasteiger charge is 2.32. The molecule has 1 N–H and O–H groups in total. The third kappa shape index (κ3) is 4.65. The van der Waals surface area contributed by atoms with E-state index in [2.05, 4.69) is 30.8 Å². The molecule has 0 saturated heterocycles. The Morgan fingerprint density at radius 1 is 0.938 bits per heavy atom. The molecule has 96 valence electrons. The molecule has 2 heteroatoms. The van der Waals surface area contributed by atoms with E-state index in [1.807, 2.05) is 53.3 Å². The van der Waals surface area contributed by atoms with Gasteiger partial charge in [-0.1, -0.05) is 41.5 Å². The second-order valence-corrected chi connectivity index (χ2v) is 3.97. The summed E-state index contributed by atoms with van der Waals surface area (Å²) in [5.41, 5.74) is 2.95. The summed E-state index contributed by atoms with van der Waals surface area (Å²) in [6.45, 7) is 16.4. The van der Waals surface area contributed by atoms with Gasteiger partial charge in [0.2, 0.25) is 0 Å². The quantitative estimate of drug-likeness (QED) is 0.645. The number of fused-ring (bicyclic) bond motifs is 1. The first-order chi connectivity index (χ1) is 7.79. The van der Waals surface area contributed by atoms with E-state index < -0.39 is 0 Å². The van der Waals surface area contributed by atoms with Crippen LogP contribution in [0.5, 0.6) is 0 Å². The van der Waals surface area contributed by atoms with Gasteiger partial charge in [-0.25, -0.2) is 0 Å². The van der Waals surface area contributed by atoms with Gasteiger partial charge in [-0.2, -0.15) is 0 Å². The van der Waals surface area contributed by atoms with Crippen LogP contribution in [0.15, 0.2) is 22.8 Å². The zero-order valence-electron chi connectivity index (χ0n) is 12.2. The molecule has 1 nitrogen and oxygen atoms in total. The molecule has 0 spiro atoms. The Hall–Kier alpha value is -0.370. The average Bonchev–Trinajstić information content (AvgIpc) is 2.92. The molecule has 0 radical (unpaired) electrons. The largest absolute Gasteiger partial charge is 0.383 e. The summed E-state index contributed by atoms with van der Waals surface area (Å²) in [6.07, 6.45) is 2.14. The molecule has 2 aliphatic heterocycles. The van der Waals surface area contributed by atoms with Crippen LogP contribution in [-0.2, 0) is 0 Å². The lowest BCUT2D eigenvalue weighted by Gasteiger charge is -2.12. The number of rotatable bonds is 0. The van der Waals surface area contributed by atoms with Crippen molar-refractivity contribution in [1.82, 2.24) is 5.32 Å². The first kappa shape index (κ1) is 18.0. The van der Waals surface area contributed by atoms with Crippen LogP contribution < -0.4 is 5.32 Å². The Labute approximate surface area is 107 Å². The first-order valence-corrected chi connectivity index (χ1v) is 7.48. The minimum absolute atomic E-state index is 0.602. The van der Waals surface area contributed by atoms with E-state index in [0.717, 1.165) is 0 Å². The average molecular weight is 243 g/mol. The van der Waals surface area contributed by atoms with Crippen molar-refractivity contribution >= 4 is 11.8 Å². The van der Waals surface area contributed by atoms with E-state index in [-0.39, 0.29) is 0 Å². The van der Waals surface area contributed by atoms with Crippen molar-refractivity contribution in [3.63, 3.8) is 0 Å². The monoisotopic (exact) mass is 243 g/mol. The molecule has 0 amide bonds. The van der Waals surface area contributed by atoms with Gasteiger partial charge in [-0.05, 0) is 36.6 Å². The van der Waals surface area contributed by atoms with Crippen molar-refractivity contribution in [2.75, 3.05) is 0 Å². The topological polar surface area (TPSA) is 12.0 Å². The third-order valence-corrected chi connectivity index (χ3v) is 3.58. The lowest BCUT2D eigenvalue weighted by Crippen LogP contribution is -2.26. The van der Waals surface area contributed by atoms with Crippen molar-refractivity contribution < 1.29 is 0 Å². The zero-order chi connectivity index (χ0) is 13.1. The van der Waals surface area contributed by atoms with Crippen molar-refractivity contribution in [2.24, 2.45) is 0 Å². The summed E-state index contributed by atoms with van der Waals surface area (Å²) in [7, 11) is 0. The maximum absolute atomic E-state index is 3.37. The highest BCUT2D eigenvalue weighted by atomic mass is 32.2. The highest BCUT2D eigenvalue weighted by Crippen LogP contribution is 2.37. The number of hydrogen-bond donors (Lipinski definition) is 1. The summed E-state index contributed by atoms with van der Waals surface area (Å²) in [5.74, 6) is 0. The Bertz CT molecular complexity index is 195. The van der Waals surface area contributed by atoms with E-state index in [1.165, 1.54) is 11.1 Å². The third-order valence-electron chi connectivity index (χ3n) is 2.13. The van der Waals surface area contributed by atoms with Gasteiger partial charge in [-0.3, -0.25) is 0 Å². The maximum Gasteiger partial charge on any atom is 0.0633 e. The van der Waals surface area contributed by atoms with Crippen LogP contribution >= 0.6 is 11.8 Å². The minimum atomic E-state index is 0.602. The molecule has 0 saturated carbocycles. The standard InChI is InChI=1S/C8H11NS.3C2H6/c1-5-3-9-7-6(2)4-10-8(5)7;3*1-2/h3-4,7-9H,1-2H3;3*1-2H3. The molecule has 0 bridgehead atoms. The summed E-state index contributed by atoms with van der Waals surface area (Å²) in [6, 6.07) is 0.602. The fraction of sp³-hybridized carbons (Fsp3) is 0.714. The predicted octanol–water partition coefficient (Wildman–Crippen LogP) is 4.96. The SMILES string of the molecule is CC.CC.CC.CC1=CSC2C(C)=CNC12. The van der Waals surface area contributed by atoms with Gasteiger partial charge in [0.1, 0.15) is 0 Å². The van der Waals surface area contributed by atoms with Crippen LogP contribution in [0.3, 0.4) is 0 Å². The molecule has 0 aliphatic carbocycles. The van der Waals surface area contributed by atoms with E-state index in [1.54, 1.807) is 0 Å². The fourth-order valence-electron chi connectivity index (χ4n) is 1.46. The lowest BCUT2D eigenvalue weighted by molar-refractivity contribution is 0.732. The number of thioether (sulfide) groups is 1.